The second-order valence-corrected chi connectivity index (χ2v) is 9.43. The molecule has 0 amide bonds. The van der Waals surface area contributed by atoms with Crippen LogP contribution in [0.1, 0.15) is 41.2 Å². The van der Waals surface area contributed by atoms with Crippen molar-refractivity contribution >= 4 is 47.9 Å². The molecule has 0 fully saturated rings. The Kier molecular flexibility index (Phi) is 7.34. The second-order valence-electron chi connectivity index (χ2n) is 9.18. The molecule has 0 spiro atoms. The Labute approximate surface area is 235 Å². The predicted molar refractivity (Wildman–Crippen MR) is 152 cm³/mol. The first-order chi connectivity index (χ1) is 19.3. The van der Waals surface area contributed by atoms with Crippen LogP contribution < -0.4 is 0 Å². The average Bonchev–Trinajstić information content (AvgIpc) is 3.43. The van der Waals surface area contributed by atoms with Gasteiger partial charge in [-0.3, -0.25) is 0 Å². The number of allylic oxidation sites excluding steroid dienone is 2. The largest absolute Gasteiger partial charge is 0.737 e. The molecule has 0 aliphatic carbocycles. The van der Waals surface area contributed by atoms with E-state index >= 15 is 8.63 Å². The highest BCUT2D eigenvalue weighted by Crippen LogP contribution is 2.46. The number of esters is 2. The summed E-state index contributed by atoms with van der Waals surface area (Å²) in [6.45, 7) is 0.299. The van der Waals surface area contributed by atoms with Crippen molar-refractivity contribution in [2.45, 2.75) is 20.8 Å². The number of ether oxygens (including phenoxy) is 2. The van der Waals surface area contributed by atoms with E-state index in [1.54, 1.807) is 80.6 Å². The van der Waals surface area contributed by atoms with E-state index < -0.39 is 18.9 Å². The molecular formula is C30H26BClF2N2O4. The van der Waals surface area contributed by atoms with Crippen LogP contribution in [0.25, 0.3) is 22.8 Å². The van der Waals surface area contributed by atoms with Gasteiger partial charge in [0.25, 0.3) is 0 Å². The van der Waals surface area contributed by atoms with Crippen LogP contribution in [0.5, 0.6) is 0 Å². The van der Waals surface area contributed by atoms with E-state index in [9.17, 15) is 9.59 Å². The molecule has 3 heterocycles. The van der Waals surface area contributed by atoms with E-state index in [2.05, 4.69) is 0 Å². The Morgan fingerprint density at radius 2 is 1.52 bits per heavy atom. The number of aromatic nitrogens is 1. The van der Waals surface area contributed by atoms with Gasteiger partial charge in [-0.1, -0.05) is 72.3 Å². The van der Waals surface area contributed by atoms with Crippen molar-refractivity contribution in [2.24, 2.45) is 0 Å². The lowest BCUT2D eigenvalue weighted by Crippen LogP contribution is -2.51. The lowest BCUT2D eigenvalue weighted by molar-refractivity contribution is -0.358. The summed E-state index contributed by atoms with van der Waals surface area (Å²) in [5.41, 5.74) is 3.06. The zero-order valence-electron chi connectivity index (χ0n) is 22.2. The van der Waals surface area contributed by atoms with Gasteiger partial charge in [0, 0.05) is 28.9 Å². The maximum Gasteiger partial charge on any atom is 0.737 e. The monoisotopic (exact) mass is 562 g/mol. The summed E-state index contributed by atoms with van der Waals surface area (Å²) in [7, 11) is 0. The molecule has 0 atom stereocenters. The predicted octanol–water partition coefficient (Wildman–Crippen LogP) is 6.45. The zero-order valence-corrected chi connectivity index (χ0v) is 22.9. The smallest absolute Gasteiger partial charge is 0.462 e. The third kappa shape index (κ3) is 4.21. The number of carbonyl (C=O) groups excluding carboxylic acids is 2. The first-order valence-corrected chi connectivity index (χ1v) is 13.3. The first-order valence-electron chi connectivity index (χ1n) is 12.9. The first kappa shape index (κ1) is 27.3. The van der Waals surface area contributed by atoms with Crippen molar-refractivity contribution in [3.05, 3.63) is 106 Å². The van der Waals surface area contributed by atoms with E-state index in [1.165, 1.54) is 13.0 Å². The van der Waals surface area contributed by atoms with Crippen LogP contribution in [-0.2, 0) is 14.3 Å². The average molecular weight is 563 g/mol. The normalized spacial score (nSPS) is 15.7. The summed E-state index contributed by atoms with van der Waals surface area (Å²) in [5, 5.41) is 0. The number of benzene rings is 2. The molecule has 0 saturated carbocycles. The minimum absolute atomic E-state index is 0.0203. The van der Waals surface area contributed by atoms with Gasteiger partial charge in [0.2, 0.25) is 0 Å². The SMILES string of the molecule is CCOC(=O)C1=C(c2ccccc2)C2=Cc3c(-c4ccccc4)c(C(=O)OCC)c(C)n3[B-](F)(F)[N+]2=C1/C=C/Cl. The van der Waals surface area contributed by atoms with Crippen LogP contribution in [0, 0.1) is 6.92 Å². The van der Waals surface area contributed by atoms with E-state index in [0.29, 0.717) is 16.7 Å². The molecule has 0 saturated heterocycles. The summed E-state index contributed by atoms with van der Waals surface area (Å²) in [4.78, 5) is 26.5. The van der Waals surface area contributed by atoms with E-state index in [1.807, 2.05) is 0 Å². The molecular weight excluding hydrogens is 537 g/mol. The Bertz CT molecular complexity index is 1640. The molecule has 204 valence electrons. The summed E-state index contributed by atoms with van der Waals surface area (Å²) in [6.07, 6.45) is 2.86. The second kappa shape index (κ2) is 10.7. The van der Waals surface area contributed by atoms with Gasteiger partial charge in [0.1, 0.15) is 5.57 Å². The van der Waals surface area contributed by atoms with Crippen LogP contribution in [0.2, 0.25) is 0 Å². The fourth-order valence-corrected chi connectivity index (χ4v) is 5.62. The number of hydrogen-bond donors (Lipinski definition) is 0. The highest BCUT2D eigenvalue weighted by Gasteiger charge is 2.57. The summed E-state index contributed by atoms with van der Waals surface area (Å²) in [5.74, 6) is -1.44. The van der Waals surface area contributed by atoms with Crippen LogP contribution in [0.15, 0.2) is 83.5 Å². The Hall–Kier alpha value is -4.24. The van der Waals surface area contributed by atoms with Gasteiger partial charge in [0.15, 0.2) is 11.4 Å². The van der Waals surface area contributed by atoms with Crippen molar-refractivity contribution < 1.29 is 32.2 Å². The molecule has 6 nitrogen and oxygen atoms in total. The number of halogens is 3. The highest BCUT2D eigenvalue weighted by molar-refractivity contribution is 6.59. The molecule has 2 aliphatic rings. The van der Waals surface area contributed by atoms with Gasteiger partial charge < -0.3 is 27.1 Å². The fourth-order valence-electron chi connectivity index (χ4n) is 5.50. The molecule has 40 heavy (non-hydrogen) atoms. The molecule has 0 unspecified atom stereocenters. The van der Waals surface area contributed by atoms with Gasteiger partial charge >= 0.3 is 18.9 Å². The summed E-state index contributed by atoms with van der Waals surface area (Å²) < 4.78 is 46.2. The topological polar surface area (TPSA) is 60.5 Å². The van der Waals surface area contributed by atoms with E-state index in [-0.39, 0.29) is 52.7 Å². The van der Waals surface area contributed by atoms with Gasteiger partial charge in [-0.2, -0.15) is 0 Å². The molecule has 10 heteroatoms. The summed E-state index contributed by atoms with van der Waals surface area (Å²) >= 11 is 5.94. The zero-order chi connectivity index (χ0) is 28.6. The molecule has 1 aromatic heterocycles. The summed E-state index contributed by atoms with van der Waals surface area (Å²) in [6, 6.07) is 17.7. The molecule has 3 aromatic rings. The van der Waals surface area contributed by atoms with Gasteiger partial charge in [-0.15, -0.1) is 0 Å². The quantitative estimate of drug-likeness (QED) is 0.245. The van der Waals surface area contributed by atoms with Crippen molar-refractivity contribution in [2.75, 3.05) is 13.2 Å². The molecule has 0 bridgehead atoms. The third-order valence-electron chi connectivity index (χ3n) is 6.97. The van der Waals surface area contributed by atoms with Gasteiger partial charge in [0.05, 0.1) is 24.4 Å². The van der Waals surface area contributed by atoms with Gasteiger partial charge in [-0.05, 0) is 37.6 Å². The number of nitrogens with zero attached hydrogens (tertiary/aromatic N) is 2. The molecule has 2 aromatic carbocycles. The van der Waals surface area contributed by atoms with Crippen LogP contribution >= 0.6 is 11.6 Å². The Morgan fingerprint density at radius 1 is 0.950 bits per heavy atom. The minimum atomic E-state index is -4.63. The van der Waals surface area contributed by atoms with Crippen LogP contribution in [-0.4, -0.2) is 46.8 Å². The number of hydrogen-bond acceptors (Lipinski definition) is 4. The maximum absolute atomic E-state index is 16.9. The molecule has 5 rings (SSSR count). The van der Waals surface area contributed by atoms with Crippen molar-refractivity contribution in [3.8, 4) is 11.1 Å². The van der Waals surface area contributed by atoms with Crippen molar-refractivity contribution in [3.63, 3.8) is 0 Å². The van der Waals surface area contributed by atoms with Crippen molar-refractivity contribution in [1.29, 1.82) is 0 Å². The molecule has 0 N–H and O–H groups in total. The van der Waals surface area contributed by atoms with E-state index in [0.717, 1.165) is 14.5 Å². The maximum atomic E-state index is 16.9. The lowest BCUT2D eigenvalue weighted by atomic mass is 9.87. The Morgan fingerprint density at radius 3 is 2.10 bits per heavy atom. The fraction of sp³-hybridized carbons (Fsp3) is 0.167. The number of carbonyl (C=O) groups is 2. The molecule has 0 radical (unpaired) electrons. The third-order valence-corrected chi connectivity index (χ3v) is 7.10. The van der Waals surface area contributed by atoms with Crippen LogP contribution in [0.3, 0.4) is 0 Å². The minimum Gasteiger partial charge on any atom is -0.462 e. The Balaban J connectivity index is 1.93. The number of rotatable bonds is 7. The van der Waals surface area contributed by atoms with E-state index in [4.69, 9.17) is 21.1 Å². The standard InChI is InChI=1S/C30H26BClF2N2O4/c1-4-39-29(37)25-19(3)35-23(26(25)20-12-8-6-9-13-20)18-24-27(21-14-10-7-11-15-21)28(30(38)40-5-2)22(16-17-32)36(24)31(35,33)34/h6-18H,4-5H2,1-3H3/b17-16+. The highest BCUT2D eigenvalue weighted by atomic mass is 35.5. The van der Waals surface area contributed by atoms with Crippen LogP contribution in [0.4, 0.5) is 8.63 Å². The van der Waals surface area contributed by atoms with Gasteiger partial charge in [-0.25, -0.2) is 9.59 Å². The lowest BCUT2D eigenvalue weighted by Gasteiger charge is -2.31. The van der Waals surface area contributed by atoms with Crippen molar-refractivity contribution in [1.82, 2.24) is 4.48 Å². The molecule has 2 aliphatic heterocycles. The number of fused-ring (bicyclic) bond motifs is 2.